The van der Waals surface area contributed by atoms with Crippen molar-refractivity contribution >= 4 is 38.8 Å². The normalized spacial score (nSPS) is 15.2. The van der Waals surface area contributed by atoms with Crippen molar-refractivity contribution in [3.05, 3.63) is 59.8 Å². The molecule has 12 heteroatoms. The number of piperidine rings is 1. The van der Waals surface area contributed by atoms with Crippen LogP contribution in [0.1, 0.15) is 45.2 Å². The number of aromatic nitrogens is 5. The maximum absolute atomic E-state index is 13.8. The average Bonchev–Trinajstić information content (AvgIpc) is 3.50. The maximum atomic E-state index is 13.8. The number of ether oxygens (including phenoxy) is 1. The number of rotatable bonds is 4. The van der Waals surface area contributed by atoms with Crippen LogP contribution >= 0.6 is 11.6 Å². The van der Waals surface area contributed by atoms with E-state index in [0.717, 1.165) is 5.56 Å². The Labute approximate surface area is 226 Å². The Morgan fingerprint density at radius 1 is 1.11 bits per heavy atom. The first-order valence-corrected chi connectivity index (χ1v) is 14.1. The van der Waals surface area contributed by atoms with E-state index >= 15 is 0 Å². The summed E-state index contributed by atoms with van der Waals surface area (Å²) in [6, 6.07) is 8.38. The second-order valence-corrected chi connectivity index (χ2v) is 12.6. The number of fused-ring (bicyclic) bond motifs is 1. The third-order valence-electron chi connectivity index (χ3n) is 6.45. The number of likely N-dealkylation sites (tertiary alicyclic amines) is 1. The lowest BCUT2D eigenvalue weighted by Gasteiger charge is -2.33. The number of aryl methyl sites for hydroxylation is 1. The van der Waals surface area contributed by atoms with Crippen LogP contribution in [0.5, 0.6) is 0 Å². The highest BCUT2D eigenvalue weighted by molar-refractivity contribution is 7.90. The summed E-state index contributed by atoms with van der Waals surface area (Å²) in [5.74, 6) is 0. The Morgan fingerprint density at radius 2 is 1.79 bits per heavy atom. The van der Waals surface area contributed by atoms with Crippen molar-refractivity contribution < 1.29 is 17.9 Å². The molecule has 38 heavy (non-hydrogen) atoms. The third-order valence-corrected chi connectivity index (χ3v) is 8.47. The van der Waals surface area contributed by atoms with Gasteiger partial charge < -0.3 is 9.64 Å². The summed E-state index contributed by atoms with van der Waals surface area (Å²) < 4.78 is 36.2. The highest BCUT2D eigenvalue weighted by Gasteiger charge is 2.30. The summed E-state index contributed by atoms with van der Waals surface area (Å²) in [6.07, 6.45) is 5.78. The smallest absolute Gasteiger partial charge is 0.410 e. The maximum Gasteiger partial charge on any atom is 0.410 e. The van der Waals surface area contributed by atoms with Gasteiger partial charge in [-0.2, -0.15) is 5.10 Å². The van der Waals surface area contributed by atoms with Gasteiger partial charge in [0.2, 0.25) is 0 Å². The van der Waals surface area contributed by atoms with Gasteiger partial charge in [-0.1, -0.05) is 29.3 Å². The van der Waals surface area contributed by atoms with Gasteiger partial charge in [0.05, 0.1) is 28.2 Å². The van der Waals surface area contributed by atoms with Gasteiger partial charge >= 0.3 is 6.09 Å². The molecule has 0 bridgehead atoms. The van der Waals surface area contributed by atoms with Gasteiger partial charge in [-0.05, 0) is 58.7 Å². The first kappa shape index (κ1) is 26.2. The van der Waals surface area contributed by atoms with Crippen LogP contribution in [0.4, 0.5) is 4.79 Å². The SMILES string of the molecule is Cc1ccc(S(=O)(=O)n2c(-c3cnn(C4CCN(C(=O)OC(C)(C)C)CC4)c3)cc3c(Cl)ncnc32)cc1. The molecule has 200 valence electrons. The number of benzene rings is 1. The summed E-state index contributed by atoms with van der Waals surface area (Å²) >= 11 is 6.33. The van der Waals surface area contributed by atoms with E-state index in [0.29, 0.717) is 42.6 Å². The van der Waals surface area contributed by atoms with Crippen LogP contribution in [-0.4, -0.2) is 61.8 Å². The zero-order valence-electron chi connectivity index (χ0n) is 21.6. The first-order chi connectivity index (χ1) is 17.9. The van der Waals surface area contributed by atoms with Crippen LogP contribution in [-0.2, 0) is 14.8 Å². The van der Waals surface area contributed by atoms with Gasteiger partial charge in [0.25, 0.3) is 10.0 Å². The molecule has 0 saturated carbocycles. The summed E-state index contributed by atoms with van der Waals surface area (Å²) in [4.78, 5) is 22.6. The highest BCUT2D eigenvalue weighted by Crippen LogP contribution is 2.34. The molecule has 10 nitrogen and oxygen atoms in total. The van der Waals surface area contributed by atoms with Crippen molar-refractivity contribution in [2.45, 2.75) is 57.1 Å². The largest absolute Gasteiger partial charge is 0.444 e. The molecule has 1 aromatic carbocycles. The predicted molar refractivity (Wildman–Crippen MR) is 144 cm³/mol. The first-order valence-electron chi connectivity index (χ1n) is 12.3. The lowest BCUT2D eigenvalue weighted by molar-refractivity contribution is 0.0185. The van der Waals surface area contributed by atoms with Crippen molar-refractivity contribution in [3.8, 4) is 11.3 Å². The number of halogens is 1. The standard InChI is InChI=1S/C26H29ClN6O4S/c1-17-5-7-20(8-6-17)38(35,36)33-22(13-21-23(27)28-16-29-24(21)33)18-14-30-32(15-18)19-9-11-31(12-10-19)25(34)37-26(2,3)4/h5-8,13-16,19H,9-12H2,1-4H3. The molecular weight excluding hydrogens is 528 g/mol. The van der Waals surface area contributed by atoms with E-state index in [1.54, 1.807) is 41.4 Å². The molecule has 5 rings (SSSR count). The van der Waals surface area contributed by atoms with E-state index in [9.17, 15) is 13.2 Å². The molecule has 0 atom stereocenters. The lowest BCUT2D eigenvalue weighted by atomic mass is 10.1. The molecule has 0 aliphatic carbocycles. The zero-order chi connectivity index (χ0) is 27.2. The number of carbonyl (C=O) groups excluding carboxylic acids is 1. The molecule has 0 spiro atoms. The van der Waals surface area contributed by atoms with E-state index < -0.39 is 15.6 Å². The van der Waals surface area contributed by atoms with Gasteiger partial charge in [-0.3, -0.25) is 4.68 Å². The van der Waals surface area contributed by atoms with Gasteiger partial charge in [0.15, 0.2) is 5.65 Å². The molecule has 1 aliphatic heterocycles. The number of amides is 1. The van der Waals surface area contributed by atoms with Crippen LogP contribution in [0.25, 0.3) is 22.3 Å². The molecule has 1 amide bonds. The average molecular weight is 557 g/mol. The van der Waals surface area contributed by atoms with Crippen molar-refractivity contribution in [2.24, 2.45) is 0 Å². The second-order valence-electron chi connectivity index (χ2n) is 10.4. The van der Waals surface area contributed by atoms with Gasteiger partial charge in [-0.25, -0.2) is 27.2 Å². The minimum Gasteiger partial charge on any atom is -0.444 e. The molecule has 0 N–H and O–H groups in total. The molecule has 4 heterocycles. The Balaban J connectivity index is 1.47. The molecule has 0 unspecified atom stereocenters. The Kier molecular flexibility index (Phi) is 6.68. The molecule has 3 aromatic heterocycles. The minimum atomic E-state index is -4.01. The molecule has 1 fully saturated rings. The molecule has 1 aliphatic rings. The van der Waals surface area contributed by atoms with Crippen LogP contribution in [0.15, 0.2) is 53.9 Å². The van der Waals surface area contributed by atoms with Crippen LogP contribution in [0.3, 0.4) is 0 Å². The van der Waals surface area contributed by atoms with Gasteiger partial charge in [0.1, 0.15) is 17.1 Å². The quantitative estimate of drug-likeness (QED) is 0.323. The van der Waals surface area contributed by atoms with Crippen LogP contribution < -0.4 is 0 Å². The zero-order valence-corrected chi connectivity index (χ0v) is 23.2. The van der Waals surface area contributed by atoms with Crippen LogP contribution in [0, 0.1) is 6.92 Å². The monoisotopic (exact) mass is 556 g/mol. The molecule has 4 aromatic rings. The summed E-state index contributed by atoms with van der Waals surface area (Å²) in [5, 5.41) is 5.14. The van der Waals surface area contributed by atoms with E-state index in [1.165, 1.54) is 10.3 Å². The van der Waals surface area contributed by atoms with Crippen molar-refractivity contribution in [1.29, 1.82) is 0 Å². The fourth-order valence-corrected chi connectivity index (χ4v) is 6.19. The Morgan fingerprint density at radius 3 is 2.45 bits per heavy atom. The summed E-state index contributed by atoms with van der Waals surface area (Å²) in [6.45, 7) is 8.52. The van der Waals surface area contributed by atoms with Gasteiger partial charge in [-0.15, -0.1) is 0 Å². The predicted octanol–water partition coefficient (Wildman–Crippen LogP) is 5.07. The van der Waals surface area contributed by atoms with E-state index in [4.69, 9.17) is 16.3 Å². The molecule has 0 radical (unpaired) electrons. The number of nitrogens with zero attached hydrogens (tertiary/aromatic N) is 6. The molecular formula is C26H29ClN6O4S. The summed E-state index contributed by atoms with van der Waals surface area (Å²) in [5.41, 5.74) is 1.59. The fraction of sp³-hybridized carbons (Fsp3) is 0.385. The van der Waals surface area contributed by atoms with E-state index in [-0.39, 0.29) is 27.8 Å². The number of hydrogen-bond donors (Lipinski definition) is 0. The van der Waals surface area contributed by atoms with E-state index in [2.05, 4.69) is 15.1 Å². The number of carbonyl (C=O) groups is 1. The topological polar surface area (TPSA) is 112 Å². The van der Waals surface area contributed by atoms with Crippen molar-refractivity contribution in [2.75, 3.05) is 13.1 Å². The lowest BCUT2D eigenvalue weighted by Crippen LogP contribution is -2.42. The van der Waals surface area contributed by atoms with E-state index in [1.807, 2.05) is 38.6 Å². The fourth-order valence-electron chi connectivity index (χ4n) is 4.53. The van der Waals surface area contributed by atoms with Gasteiger partial charge in [0, 0.05) is 24.8 Å². The van der Waals surface area contributed by atoms with Crippen LogP contribution in [0.2, 0.25) is 5.15 Å². The number of hydrogen-bond acceptors (Lipinski definition) is 7. The Bertz CT molecular complexity index is 1600. The Hall–Kier alpha value is -3.44. The van der Waals surface area contributed by atoms with Crippen molar-refractivity contribution in [1.82, 2.24) is 28.6 Å². The second kappa shape index (κ2) is 9.70. The minimum absolute atomic E-state index is 0.0531. The van der Waals surface area contributed by atoms with Crippen molar-refractivity contribution in [3.63, 3.8) is 0 Å². The summed E-state index contributed by atoms with van der Waals surface area (Å²) in [7, 11) is -4.01. The highest BCUT2D eigenvalue weighted by atomic mass is 35.5. The third kappa shape index (κ3) is 5.00. The molecule has 1 saturated heterocycles.